The maximum atomic E-state index is 14.5. The van der Waals surface area contributed by atoms with Gasteiger partial charge in [0.15, 0.2) is 12.4 Å². The van der Waals surface area contributed by atoms with Crippen LogP contribution >= 0.6 is 46.2 Å². The van der Waals surface area contributed by atoms with Gasteiger partial charge in [0.05, 0.1) is 30.1 Å². The smallest absolute Gasteiger partial charge is 0.325 e. The van der Waals surface area contributed by atoms with Crippen molar-refractivity contribution in [2.75, 3.05) is 30.9 Å². The van der Waals surface area contributed by atoms with Crippen molar-refractivity contribution in [3.05, 3.63) is 66.0 Å². The maximum absolute atomic E-state index is 14.5. The predicted octanol–water partition coefficient (Wildman–Crippen LogP) is 5.05. The summed E-state index contributed by atoms with van der Waals surface area (Å²) >= 11 is 9.41. The normalized spacial score (nSPS) is 16.4. The van der Waals surface area contributed by atoms with E-state index in [4.69, 9.17) is 22.8 Å². The molecule has 7 rings (SSSR count). The molecule has 0 saturated heterocycles. The highest BCUT2D eigenvalue weighted by Gasteiger charge is 2.31. The minimum atomic E-state index is -0.580. The molecule has 0 radical (unpaired) electrons. The molecule has 3 aliphatic rings. The Morgan fingerprint density at radius 1 is 1.12 bits per heavy atom. The first-order valence-electron chi connectivity index (χ1n) is 15.7. The monoisotopic (exact) mass is 775 g/mol. The number of terminal acetylenes is 1. The van der Waals surface area contributed by atoms with Gasteiger partial charge in [0.1, 0.15) is 28.8 Å². The van der Waals surface area contributed by atoms with Gasteiger partial charge in [0.2, 0.25) is 9.60 Å². The highest BCUT2D eigenvalue weighted by Crippen LogP contribution is 2.38. The lowest BCUT2D eigenvalue weighted by Gasteiger charge is -2.28. The van der Waals surface area contributed by atoms with Crippen LogP contribution in [-0.2, 0) is 40.4 Å². The third-order valence-electron chi connectivity index (χ3n) is 8.12. The molecule has 3 aliphatic heterocycles. The van der Waals surface area contributed by atoms with Crippen molar-refractivity contribution in [3.63, 3.8) is 0 Å². The highest BCUT2D eigenvalue weighted by atomic mass is 35.5. The van der Waals surface area contributed by atoms with Gasteiger partial charge in [-0.15, -0.1) is 18.2 Å². The van der Waals surface area contributed by atoms with E-state index < -0.39 is 17.6 Å². The van der Waals surface area contributed by atoms with Crippen LogP contribution in [0.2, 0.25) is 5.02 Å². The number of methoxy groups -OCH3 is 1. The van der Waals surface area contributed by atoms with Crippen LogP contribution in [0.1, 0.15) is 32.5 Å². The molecule has 0 aliphatic carbocycles. The molecular formula is C33H32ClF2N7O5S3. The molecule has 2 aromatic heterocycles. The Labute approximate surface area is 308 Å². The zero-order chi connectivity index (χ0) is 36.4. The highest BCUT2D eigenvalue weighted by molar-refractivity contribution is 8.00. The fourth-order valence-corrected chi connectivity index (χ4v) is 8.42. The first-order valence-corrected chi connectivity index (χ1v) is 18.7. The Hall–Kier alpha value is -4.24. The Morgan fingerprint density at radius 2 is 1.82 bits per heavy atom. The van der Waals surface area contributed by atoms with Crippen LogP contribution in [0.25, 0.3) is 0 Å². The van der Waals surface area contributed by atoms with E-state index in [-0.39, 0.29) is 51.5 Å². The molecule has 5 heterocycles. The fraction of sp³-hybridized carbons (Fsp3) is 0.394. The van der Waals surface area contributed by atoms with E-state index in [0.717, 1.165) is 60.8 Å². The number of aromatic nitrogens is 4. The van der Waals surface area contributed by atoms with Crippen LogP contribution in [0, 0.1) is 29.4 Å². The number of rotatable bonds is 6. The molecule has 0 unspecified atom stereocenters. The molecule has 4 aromatic rings. The second-order valence-corrected chi connectivity index (χ2v) is 15.6. The Balaban J connectivity index is 0.000000176. The number of carbonyl (C=O) groups excluding carboxylic acids is 2. The number of hydrogen-bond donors (Lipinski definition) is 0. The molecule has 51 heavy (non-hydrogen) atoms. The summed E-state index contributed by atoms with van der Waals surface area (Å²) in [6, 6.07) is 5.40. The predicted molar refractivity (Wildman–Crippen MR) is 191 cm³/mol. The molecular weight excluding hydrogens is 744 g/mol. The summed E-state index contributed by atoms with van der Waals surface area (Å²) in [5.74, 6) is 2.00. The van der Waals surface area contributed by atoms with Crippen molar-refractivity contribution in [2.45, 2.75) is 57.6 Å². The number of amides is 1. The molecule has 0 spiro atoms. The fourth-order valence-electron chi connectivity index (χ4n) is 5.68. The van der Waals surface area contributed by atoms with Crippen molar-refractivity contribution in [1.82, 2.24) is 18.3 Å². The van der Waals surface area contributed by atoms with Crippen LogP contribution in [0.15, 0.2) is 43.9 Å². The Kier molecular flexibility index (Phi) is 10.9. The number of fused-ring (bicyclic) bond motifs is 3. The Morgan fingerprint density at radius 3 is 2.57 bits per heavy atom. The first-order chi connectivity index (χ1) is 24.4. The molecule has 268 valence electrons. The molecule has 0 bridgehead atoms. The number of ether oxygens (including phenoxy) is 2. The molecule has 0 atom stereocenters. The van der Waals surface area contributed by atoms with Gasteiger partial charge in [0.25, 0.3) is 5.91 Å². The van der Waals surface area contributed by atoms with Gasteiger partial charge in [-0.3, -0.25) is 24.0 Å². The Bertz CT molecular complexity index is 2270. The summed E-state index contributed by atoms with van der Waals surface area (Å²) in [5.41, 5.74) is 0.761. The number of anilines is 1. The third-order valence-corrected chi connectivity index (χ3v) is 11.2. The van der Waals surface area contributed by atoms with Crippen LogP contribution in [0.3, 0.4) is 0 Å². The average Bonchev–Trinajstić information content (AvgIpc) is 3.72. The molecule has 0 saturated carbocycles. The summed E-state index contributed by atoms with van der Waals surface area (Å²) in [7, 11) is 1.30. The van der Waals surface area contributed by atoms with Gasteiger partial charge in [0, 0.05) is 48.5 Å². The molecule has 2 aromatic carbocycles. The number of carbonyl (C=O) groups is 2. The van der Waals surface area contributed by atoms with Crippen LogP contribution in [0.4, 0.5) is 25.8 Å². The summed E-state index contributed by atoms with van der Waals surface area (Å²) in [6.45, 7) is 6.38. The zero-order valence-electron chi connectivity index (χ0n) is 27.8. The second kappa shape index (κ2) is 15.2. The largest absolute Gasteiger partial charge is 0.481 e. The molecule has 18 heteroatoms. The number of halogens is 3. The van der Waals surface area contributed by atoms with Crippen molar-refractivity contribution in [3.8, 4) is 18.1 Å². The zero-order valence-corrected chi connectivity index (χ0v) is 31.0. The molecule has 1 amide bonds. The summed E-state index contributed by atoms with van der Waals surface area (Å²) in [6.07, 6.45) is 8.11. The van der Waals surface area contributed by atoms with Gasteiger partial charge in [-0.25, -0.2) is 23.4 Å². The minimum absolute atomic E-state index is 0.0605. The van der Waals surface area contributed by atoms with E-state index in [0.29, 0.717) is 39.0 Å². The van der Waals surface area contributed by atoms with Gasteiger partial charge in [-0.1, -0.05) is 31.4 Å². The maximum Gasteiger partial charge on any atom is 0.325 e. The average molecular weight is 776 g/mol. The molecule has 12 nitrogen and oxygen atoms in total. The van der Waals surface area contributed by atoms with E-state index >= 15 is 0 Å². The molecule has 0 fully saturated rings. The number of hydrogen-bond acceptors (Lipinski definition) is 11. The van der Waals surface area contributed by atoms with E-state index in [1.807, 2.05) is 4.57 Å². The second-order valence-electron chi connectivity index (χ2n) is 12.5. The van der Waals surface area contributed by atoms with Crippen molar-refractivity contribution in [1.29, 1.82) is 0 Å². The lowest BCUT2D eigenvalue weighted by Crippen LogP contribution is -2.39. The lowest BCUT2D eigenvalue weighted by molar-refractivity contribution is -0.137. The van der Waals surface area contributed by atoms with E-state index in [2.05, 4.69) is 38.9 Å². The number of thioether (sulfide) groups is 1. The standard InChI is InChI=1S/C18H17FN4O2S.C15H15ClFN3O3S2/c1-4-5-22-13-7-12(11(19)6-14(13)25-9-16(22)24)20-17-23-10-18(2,3)8-15(23)21-26-17;1-23-13(21)8-24-12-7-11(10(17)6-9(12)16)18-14-19-4-2-3-5-20(19)15(22)25-14/h1,6-7H,5,8-10H2,2-3H3;6-7H,2-5,8H2,1H3. The van der Waals surface area contributed by atoms with E-state index in [9.17, 15) is 23.2 Å². The topological polar surface area (TPSA) is 125 Å². The van der Waals surface area contributed by atoms with Crippen molar-refractivity contribution in [2.24, 2.45) is 15.4 Å². The number of nitrogens with zero attached hydrogens (tertiary/aromatic N) is 7. The first kappa shape index (κ1) is 36.5. The van der Waals surface area contributed by atoms with Gasteiger partial charge < -0.3 is 14.0 Å². The van der Waals surface area contributed by atoms with Gasteiger partial charge in [-0.2, -0.15) is 4.37 Å². The van der Waals surface area contributed by atoms with Crippen molar-refractivity contribution < 1.29 is 27.8 Å². The van der Waals surface area contributed by atoms with Crippen LogP contribution < -0.4 is 24.1 Å². The summed E-state index contributed by atoms with van der Waals surface area (Å²) in [4.78, 5) is 47.1. The summed E-state index contributed by atoms with van der Waals surface area (Å²) in [5, 5.41) is 0.199. The van der Waals surface area contributed by atoms with E-state index in [1.165, 1.54) is 41.7 Å². The van der Waals surface area contributed by atoms with Gasteiger partial charge in [-0.05, 0) is 47.8 Å². The minimum Gasteiger partial charge on any atom is -0.481 e. The van der Waals surface area contributed by atoms with E-state index in [1.54, 1.807) is 9.36 Å². The number of esters is 1. The lowest BCUT2D eigenvalue weighted by atomic mass is 9.92. The molecule has 0 N–H and O–H groups in total. The van der Waals surface area contributed by atoms with Gasteiger partial charge >= 0.3 is 10.8 Å². The SMILES string of the molecule is C#CCN1C(=O)COc2cc(F)c(N=c3snc4n3CC(C)(C)C4)cc21.COC(=O)CSc1cc(N=c2sc(=O)n3n2CCCC3)c(F)cc1Cl. The third kappa shape index (κ3) is 7.98. The quantitative estimate of drug-likeness (QED) is 0.153. The summed E-state index contributed by atoms with van der Waals surface area (Å²) < 4.78 is 48.6. The van der Waals surface area contributed by atoms with Crippen molar-refractivity contribution >= 4 is 75.2 Å². The van der Waals surface area contributed by atoms with Crippen LogP contribution in [0.5, 0.6) is 5.75 Å². The van der Waals surface area contributed by atoms with Crippen LogP contribution in [-0.4, -0.2) is 56.2 Å². The number of benzene rings is 2.